The van der Waals surface area contributed by atoms with Gasteiger partial charge in [-0.1, -0.05) is 18.2 Å². The Balaban J connectivity index is 1.49. The van der Waals surface area contributed by atoms with E-state index in [4.69, 9.17) is 4.42 Å². The molecule has 6 nitrogen and oxygen atoms in total. The van der Waals surface area contributed by atoms with E-state index in [1.807, 2.05) is 43.5 Å². The van der Waals surface area contributed by atoms with Gasteiger partial charge in [0, 0.05) is 30.8 Å². The summed E-state index contributed by atoms with van der Waals surface area (Å²) in [6.07, 6.45) is 3.78. The van der Waals surface area contributed by atoms with Crippen LogP contribution in [0.4, 0.5) is 0 Å². The average Bonchev–Trinajstić information content (AvgIpc) is 3.17. The third kappa shape index (κ3) is 3.07. The normalized spacial score (nSPS) is 16.5. The maximum absolute atomic E-state index is 12.6. The van der Waals surface area contributed by atoms with Crippen molar-refractivity contribution in [3.8, 4) is 11.5 Å². The lowest BCUT2D eigenvalue weighted by Gasteiger charge is -2.24. The second-order valence-corrected chi connectivity index (χ2v) is 6.45. The molecule has 0 spiro atoms. The molecule has 3 aromatic rings. The second-order valence-electron chi connectivity index (χ2n) is 6.45. The summed E-state index contributed by atoms with van der Waals surface area (Å²) in [6.45, 7) is 4.50. The molecular formula is C19H20N4O2. The minimum atomic E-state index is -0.186. The van der Waals surface area contributed by atoms with E-state index in [1.165, 1.54) is 0 Å². The van der Waals surface area contributed by atoms with Crippen LogP contribution in [0.2, 0.25) is 0 Å². The number of carbonyl (C=O) groups excluding carboxylic acids is 1. The number of rotatable bonds is 3. The van der Waals surface area contributed by atoms with E-state index in [0.717, 1.165) is 36.5 Å². The Bertz CT molecular complexity index is 911. The van der Waals surface area contributed by atoms with Crippen LogP contribution in [0.5, 0.6) is 0 Å². The van der Waals surface area contributed by atoms with E-state index in [2.05, 4.69) is 19.9 Å². The third-order valence-corrected chi connectivity index (χ3v) is 4.48. The molecule has 4 rings (SSSR count). The van der Waals surface area contributed by atoms with Gasteiger partial charge in [-0.3, -0.25) is 4.79 Å². The molecule has 1 aliphatic rings. The molecule has 1 atom stereocenters. The molecule has 6 heteroatoms. The van der Waals surface area contributed by atoms with E-state index in [-0.39, 0.29) is 11.9 Å². The fourth-order valence-electron chi connectivity index (χ4n) is 3.27. The van der Waals surface area contributed by atoms with E-state index in [0.29, 0.717) is 17.3 Å². The number of aryl methyl sites for hydroxylation is 3. The summed E-state index contributed by atoms with van der Waals surface area (Å²) in [6, 6.07) is 9.67. The van der Waals surface area contributed by atoms with Gasteiger partial charge in [0.15, 0.2) is 5.69 Å². The first kappa shape index (κ1) is 15.6. The van der Waals surface area contributed by atoms with Crippen molar-refractivity contribution >= 4 is 5.91 Å². The minimum Gasteiger partial charge on any atom is -0.441 e. The zero-order valence-corrected chi connectivity index (χ0v) is 14.3. The first-order chi connectivity index (χ1) is 12.1. The summed E-state index contributed by atoms with van der Waals surface area (Å²) < 4.78 is 7.80. The number of nitrogens with zero attached hydrogens (tertiary/aromatic N) is 3. The molecule has 1 N–H and O–H groups in total. The summed E-state index contributed by atoms with van der Waals surface area (Å²) in [4.78, 5) is 21.5. The molecule has 1 unspecified atom stereocenters. The first-order valence-electron chi connectivity index (χ1n) is 8.46. The molecule has 1 aliphatic heterocycles. The van der Waals surface area contributed by atoms with Gasteiger partial charge in [-0.2, -0.15) is 0 Å². The van der Waals surface area contributed by atoms with Crippen LogP contribution in [0.25, 0.3) is 11.5 Å². The number of hydrogen-bond donors (Lipinski definition) is 1. The minimum absolute atomic E-state index is 0.0740. The lowest BCUT2D eigenvalue weighted by atomic mass is 10.1. The molecule has 0 fully saturated rings. The number of oxazole rings is 1. The Morgan fingerprint density at radius 3 is 2.84 bits per heavy atom. The molecule has 0 radical (unpaired) electrons. The zero-order chi connectivity index (χ0) is 17.4. The number of hydrogen-bond acceptors (Lipinski definition) is 4. The van der Waals surface area contributed by atoms with Crippen LogP contribution < -0.4 is 5.32 Å². The Morgan fingerprint density at radius 2 is 2.04 bits per heavy atom. The standard InChI is InChI=1S/C19H20N4O2/c1-12-10-23-11-15(8-9-16(23)20-12)21-18(24)17-13(2)25-19(22-17)14-6-4-3-5-7-14/h3-7,10,15H,8-9,11H2,1-2H3,(H,21,24). The Hall–Kier alpha value is -2.89. The van der Waals surface area contributed by atoms with Gasteiger partial charge in [-0.05, 0) is 32.4 Å². The van der Waals surface area contributed by atoms with E-state index < -0.39 is 0 Å². The largest absolute Gasteiger partial charge is 0.441 e. The predicted molar refractivity (Wildman–Crippen MR) is 93.2 cm³/mol. The highest BCUT2D eigenvalue weighted by atomic mass is 16.4. The van der Waals surface area contributed by atoms with Crippen molar-refractivity contribution in [3.63, 3.8) is 0 Å². The Morgan fingerprint density at radius 1 is 1.24 bits per heavy atom. The number of imidazole rings is 1. The van der Waals surface area contributed by atoms with Crippen molar-refractivity contribution in [2.45, 2.75) is 39.3 Å². The average molecular weight is 336 g/mol. The van der Waals surface area contributed by atoms with Crippen LogP contribution in [0, 0.1) is 13.8 Å². The highest BCUT2D eigenvalue weighted by Crippen LogP contribution is 2.22. The van der Waals surface area contributed by atoms with E-state index >= 15 is 0 Å². The summed E-state index contributed by atoms with van der Waals surface area (Å²) in [7, 11) is 0. The molecule has 128 valence electrons. The zero-order valence-electron chi connectivity index (χ0n) is 14.3. The van der Waals surface area contributed by atoms with Gasteiger partial charge in [0.05, 0.1) is 5.69 Å². The highest BCUT2D eigenvalue weighted by Gasteiger charge is 2.24. The maximum Gasteiger partial charge on any atom is 0.273 e. The van der Waals surface area contributed by atoms with Crippen LogP contribution in [0.3, 0.4) is 0 Å². The summed E-state index contributed by atoms with van der Waals surface area (Å²) in [5.41, 5.74) is 2.23. The van der Waals surface area contributed by atoms with Crippen molar-refractivity contribution in [2.24, 2.45) is 0 Å². The number of aromatic nitrogens is 3. The van der Waals surface area contributed by atoms with Gasteiger partial charge >= 0.3 is 0 Å². The topological polar surface area (TPSA) is 73.0 Å². The van der Waals surface area contributed by atoms with E-state index in [1.54, 1.807) is 6.92 Å². The van der Waals surface area contributed by atoms with Crippen molar-refractivity contribution in [1.82, 2.24) is 19.9 Å². The molecule has 0 bridgehead atoms. The van der Waals surface area contributed by atoms with Crippen molar-refractivity contribution in [1.29, 1.82) is 0 Å². The van der Waals surface area contributed by atoms with Crippen molar-refractivity contribution in [3.05, 3.63) is 59.5 Å². The molecule has 0 aliphatic carbocycles. The van der Waals surface area contributed by atoms with Crippen LogP contribution in [-0.2, 0) is 13.0 Å². The van der Waals surface area contributed by atoms with Crippen LogP contribution in [0.1, 0.15) is 34.2 Å². The van der Waals surface area contributed by atoms with Gasteiger partial charge < -0.3 is 14.3 Å². The monoisotopic (exact) mass is 336 g/mol. The third-order valence-electron chi connectivity index (χ3n) is 4.48. The van der Waals surface area contributed by atoms with Gasteiger partial charge in [0.25, 0.3) is 5.91 Å². The lowest BCUT2D eigenvalue weighted by Crippen LogP contribution is -2.41. The van der Waals surface area contributed by atoms with E-state index in [9.17, 15) is 4.79 Å². The number of benzene rings is 1. The molecule has 25 heavy (non-hydrogen) atoms. The fraction of sp³-hybridized carbons (Fsp3) is 0.316. The molecule has 0 saturated carbocycles. The first-order valence-corrected chi connectivity index (χ1v) is 8.46. The smallest absolute Gasteiger partial charge is 0.273 e. The highest BCUT2D eigenvalue weighted by molar-refractivity contribution is 5.93. The van der Waals surface area contributed by atoms with Crippen LogP contribution in [-0.4, -0.2) is 26.5 Å². The summed E-state index contributed by atoms with van der Waals surface area (Å²) in [5.74, 6) is 1.91. The Labute approximate surface area is 145 Å². The van der Waals surface area contributed by atoms with Gasteiger partial charge in [-0.15, -0.1) is 0 Å². The maximum atomic E-state index is 12.6. The molecule has 1 amide bonds. The van der Waals surface area contributed by atoms with Gasteiger partial charge in [0.1, 0.15) is 11.6 Å². The molecule has 1 aromatic carbocycles. The molecular weight excluding hydrogens is 316 g/mol. The second kappa shape index (κ2) is 6.20. The molecule has 2 aromatic heterocycles. The SMILES string of the molecule is Cc1cn2c(n1)CCC(NC(=O)c1nc(-c3ccccc3)oc1C)C2. The predicted octanol–water partition coefficient (Wildman–Crippen LogP) is 2.90. The van der Waals surface area contributed by atoms with Crippen molar-refractivity contribution in [2.75, 3.05) is 0 Å². The van der Waals surface area contributed by atoms with Crippen LogP contribution >= 0.6 is 0 Å². The summed E-state index contributed by atoms with van der Waals surface area (Å²) in [5, 5.41) is 3.08. The van der Waals surface area contributed by atoms with Crippen LogP contribution in [0.15, 0.2) is 40.9 Å². The molecule has 3 heterocycles. The summed E-state index contributed by atoms with van der Waals surface area (Å²) >= 11 is 0. The van der Waals surface area contributed by atoms with Gasteiger partial charge in [-0.25, -0.2) is 9.97 Å². The number of amides is 1. The van der Waals surface area contributed by atoms with Gasteiger partial charge in [0.2, 0.25) is 5.89 Å². The fourth-order valence-corrected chi connectivity index (χ4v) is 3.27. The number of nitrogens with one attached hydrogen (secondary N) is 1. The Kier molecular flexibility index (Phi) is 3.87. The molecule has 0 saturated heterocycles. The van der Waals surface area contributed by atoms with Crippen molar-refractivity contribution < 1.29 is 9.21 Å². The lowest BCUT2D eigenvalue weighted by molar-refractivity contribution is 0.0921. The quantitative estimate of drug-likeness (QED) is 0.798. The number of fused-ring (bicyclic) bond motifs is 1. The number of carbonyl (C=O) groups is 1.